The number of fused-ring (bicyclic) bond motifs is 1. The Kier molecular flexibility index (Phi) is 5.38. The standard InChI is InChI=1S/C24H26N2O3/c1-16-7-3-4-8-19(16)25-23(27)18-13-11-17(12-14-18)15-22-24(28)26(2)20-9-5-6-10-21(20)29-22/h5-6,9-16,19H,3-4,7-8H2,1-2H3,(H,25,27). The Hall–Kier alpha value is -3.08. The van der Waals surface area contributed by atoms with Crippen LogP contribution >= 0.6 is 0 Å². The van der Waals surface area contributed by atoms with E-state index in [-0.39, 0.29) is 23.6 Å². The van der Waals surface area contributed by atoms with Crippen LogP contribution in [0.4, 0.5) is 5.69 Å². The predicted molar refractivity (Wildman–Crippen MR) is 114 cm³/mol. The molecule has 2 atom stereocenters. The van der Waals surface area contributed by atoms with Crippen molar-refractivity contribution in [3.63, 3.8) is 0 Å². The Morgan fingerprint density at radius 3 is 2.59 bits per heavy atom. The molecular weight excluding hydrogens is 364 g/mol. The summed E-state index contributed by atoms with van der Waals surface area (Å²) in [6.07, 6.45) is 6.35. The predicted octanol–water partition coefficient (Wildman–Crippen LogP) is 4.39. The fraction of sp³-hybridized carbons (Fsp3) is 0.333. The van der Waals surface area contributed by atoms with Gasteiger partial charge in [-0.15, -0.1) is 0 Å². The van der Waals surface area contributed by atoms with Crippen molar-refractivity contribution < 1.29 is 14.3 Å². The first-order valence-corrected chi connectivity index (χ1v) is 10.2. The molecule has 1 aliphatic heterocycles. The van der Waals surface area contributed by atoms with Gasteiger partial charge >= 0.3 is 0 Å². The largest absolute Gasteiger partial charge is 0.449 e. The summed E-state index contributed by atoms with van der Waals surface area (Å²) in [7, 11) is 1.73. The van der Waals surface area contributed by atoms with E-state index < -0.39 is 0 Å². The number of amides is 2. The van der Waals surface area contributed by atoms with Crippen LogP contribution in [-0.4, -0.2) is 24.9 Å². The van der Waals surface area contributed by atoms with Crippen LogP contribution in [0.25, 0.3) is 6.08 Å². The highest BCUT2D eigenvalue weighted by Crippen LogP contribution is 2.34. The molecule has 0 spiro atoms. The lowest BCUT2D eigenvalue weighted by Gasteiger charge is -2.29. The zero-order valence-electron chi connectivity index (χ0n) is 16.9. The van der Waals surface area contributed by atoms with E-state index in [1.165, 1.54) is 19.3 Å². The van der Waals surface area contributed by atoms with E-state index in [0.29, 0.717) is 17.2 Å². The molecule has 2 aliphatic rings. The minimum atomic E-state index is -0.197. The molecule has 2 aromatic rings. The number of nitrogens with zero attached hydrogens (tertiary/aromatic N) is 1. The zero-order valence-corrected chi connectivity index (χ0v) is 16.9. The summed E-state index contributed by atoms with van der Waals surface area (Å²) in [5.41, 5.74) is 2.19. The van der Waals surface area contributed by atoms with E-state index in [2.05, 4.69) is 12.2 Å². The molecule has 0 bridgehead atoms. The van der Waals surface area contributed by atoms with E-state index in [1.807, 2.05) is 36.4 Å². The molecule has 0 aromatic heterocycles. The van der Waals surface area contributed by atoms with E-state index in [0.717, 1.165) is 17.7 Å². The van der Waals surface area contributed by atoms with Gasteiger partial charge in [0.25, 0.3) is 11.8 Å². The third kappa shape index (κ3) is 4.04. The topological polar surface area (TPSA) is 58.6 Å². The van der Waals surface area contributed by atoms with Crippen LogP contribution in [0, 0.1) is 5.92 Å². The van der Waals surface area contributed by atoms with E-state index in [9.17, 15) is 9.59 Å². The summed E-state index contributed by atoms with van der Waals surface area (Å²) < 4.78 is 5.80. The fourth-order valence-corrected chi connectivity index (χ4v) is 4.01. The molecule has 1 aliphatic carbocycles. The maximum absolute atomic E-state index is 12.6. The number of hydrogen-bond donors (Lipinski definition) is 1. The smallest absolute Gasteiger partial charge is 0.293 e. The maximum Gasteiger partial charge on any atom is 0.293 e. The molecular formula is C24H26N2O3. The number of ether oxygens (including phenoxy) is 1. The van der Waals surface area contributed by atoms with Gasteiger partial charge in [0.1, 0.15) is 0 Å². The van der Waals surface area contributed by atoms with Crippen LogP contribution in [0.3, 0.4) is 0 Å². The first-order chi connectivity index (χ1) is 14.0. The second-order valence-corrected chi connectivity index (χ2v) is 7.91. The van der Waals surface area contributed by atoms with Gasteiger partial charge in [-0.25, -0.2) is 0 Å². The lowest BCUT2D eigenvalue weighted by molar-refractivity contribution is -0.117. The first-order valence-electron chi connectivity index (χ1n) is 10.2. The molecule has 5 heteroatoms. The minimum absolute atomic E-state index is 0.0402. The summed E-state index contributed by atoms with van der Waals surface area (Å²) in [6.45, 7) is 2.20. The van der Waals surface area contributed by atoms with Crippen LogP contribution in [0.2, 0.25) is 0 Å². The third-order valence-corrected chi connectivity index (χ3v) is 5.86. The maximum atomic E-state index is 12.6. The van der Waals surface area contributed by atoms with Gasteiger partial charge in [0.2, 0.25) is 0 Å². The van der Waals surface area contributed by atoms with E-state index in [1.54, 1.807) is 30.2 Å². The second-order valence-electron chi connectivity index (χ2n) is 7.91. The summed E-state index contributed by atoms with van der Waals surface area (Å²) in [5.74, 6) is 1.20. The van der Waals surface area contributed by atoms with Gasteiger partial charge in [0.05, 0.1) is 5.69 Å². The number of carbonyl (C=O) groups is 2. The number of benzene rings is 2. The monoisotopic (exact) mass is 390 g/mol. The van der Waals surface area contributed by atoms with Crippen molar-refractivity contribution >= 4 is 23.6 Å². The van der Waals surface area contributed by atoms with Gasteiger partial charge in [-0.1, -0.05) is 44.0 Å². The number of likely N-dealkylation sites (N-methyl/N-ethyl adjacent to an activating group) is 1. The quantitative estimate of drug-likeness (QED) is 0.791. The number of nitrogens with one attached hydrogen (secondary N) is 1. The fourth-order valence-electron chi connectivity index (χ4n) is 4.01. The SMILES string of the molecule is CC1CCCCC1NC(=O)c1ccc(C=C2Oc3ccccc3N(C)C2=O)cc1. The van der Waals surface area contributed by atoms with Crippen molar-refractivity contribution in [2.75, 3.05) is 11.9 Å². The molecule has 5 nitrogen and oxygen atoms in total. The number of hydrogen-bond acceptors (Lipinski definition) is 3. The van der Waals surface area contributed by atoms with Crippen molar-refractivity contribution in [1.29, 1.82) is 0 Å². The van der Waals surface area contributed by atoms with Crippen molar-refractivity contribution in [3.05, 3.63) is 65.4 Å². The van der Waals surface area contributed by atoms with Gasteiger partial charge in [-0.3, -0.25) is 9.59 Å². The van der Waals surface area contributed by atoms with E-state index in [4.69, 9.17) is 4.74 Å². The molecule has 2 amide bonds. The Labute approximate surface area is 171 Å². The summed E-state index contributed by atoms with van der Waals surface area (Å²) in [6, 6.07) is 14.9. The Morgan fingerprint density at radius 1 is 1.10 bits per heavy atom. The van der Waals surface area contributed by atoms with Crippen molar-refractivity contribution in [3.8, 4) is 5.75 Å². The Bertz CT molecular complexity index is 949. The number of para-hydroxylation sites is 2. The van der Waals surface area contributed by atoms with E-state index >= 15 is 0 Å². The molecule has 150 valence electrons. The van der Waals surface area contributed by atoms with Crippen LogP contribution in [0.1, 0.15) is 48.5 Å². The third-order valence-electron chi connectivity index (χ3n) is 5.86. The molecule has 2 aromatic carbocycles. The summed E-state index contributed by atoms with van der Waals surface area (Å²) in [5, 5.41) is 3.17. The second kappa shape index (κ2) is 8.11. The number of anilines is 1. The molecule has 2 unspecified atom stereocenters. The molecule has 1 saturated carbocycles. The number of rotatable bonds is 3. The molecule has 0 radical (unpaired) electrons. The lowest BCUT2D eigenvalue weighted by Crippen LogP contribution is -2.41. The van der Waals surface area contributed by atoms with Crippen LogP contribution < -0.4 is 15.0 Å². The van der Waals surface area contributed by atoms with Gasteiger partial charge in [0, 0.05) is 18.7 Å². The van der Waals surface area contributed by atoms with Gasteiger partial charge in [-0.2, -0.15) is 0 Å². The average molecular weight is 390 g/mol. The lowest BCUT2D eigenvalue weighted by atomic mass is 9.86. The first kappa shape index (κ1) is 19.2. The van der Waals surface area contributed by atoms with Gasteiger partial charge in [0.15, 0.2) is 11.5 Å². The molecule has 0 saturated heterocycles. The van der Waals surface area contributed by atoms with Crippen LogP contribution in [0.5, 0.6) is 5.75 Å². The van der Waals surface area contributed by atoms with Crippen LogP contribution in [-0.2, 0) is 4.79 Å². The normalized spacial score (nSPS) is 22.8. The Morgan fingerprint density at radius 2 is 1.83 bits per heavy atom. The molecule has 1 fully saturated rings. The van der Waals surface area contributed by atoms with Crippen molar-refractivity contribution in [2.24, 2.45) is 5.92 Å². The highest BCUT2D eigenvalue weighted by Gasteiger charge is 2.27. The van der Waals surface area contributed by atoms with Crippen LogP contribution in [0.15, 0.2) is 54.3 Å². The number of carbonyl (C=O) groups excluding carboxylic acids is 2. The highest BCUT2D eigenvalue weighted by atomic mass is 16.5. The summed E-state index contributed by atoms with van der Waals surface area (Å²) in [4.78, 5) is 26.7. The molecule has 1 N–H and O–H groups in total. The molecule has 4 rings (SSSR count). The van der Waals surface area contributed by atoms with Gasteiger partial charge < -0.3 is 15.0 Å². The minimum Gasteiger partial charge on any atom is -0.449 e. The van der Waals surface area contributed by atoms with Gasteiger partial charge in [-0.05, 0) is 54.7 Å². The summed E-state index contributed by atoms with van der Waals surface area (Å²) >= 11 is 0. The molecule has 1 heterocycles. The zero-order chi connectivity index (χ0) is 20.4. The van der Waals surface area contributed by atoms with Crippen molar-refractivity contribution in [2.45, 2.75) is 38.6 Å². The Balaban J connectivity index is 1.48. The molecule has 29 heavy (non-hydrogen) atoms. The average Bonchev–Trinajstić information content (AvgIpc) is 2.74. The van der Waals surface area contributed by atoms with Crippen molar-refractivity contribution in [1.82, 2.24) is 5.32 Å². The highest BCUT2D eigenvalue weighted by molar-refractivity contribution is 6.09.